The first-order valence-corrected chi connectivity index (χ1v) is 9.30. The zero-order valence-electron chi connectivity index (χ0n) is 13.8. The van der Waals surface area contributed by atoms with E-state index >= 15 is 0 Å². The number of nitrogens with zero attached hydrogens (tertiary/aromatic N) is 3. The molecule has 25 heavy (non-hydrogen) atoms. The number of aromatic nitrogens is 3. The van der Waals surface area contributed by atoms with Crippen LogP contribution in [0, 0.1) is 0 Å². The lowest BCUT2D eigenvalue weighted by Crippen LogP contribution is -2.40. The lowest BCUT2D eigenvalue weighted by atomic mass is 9.86. The van der Waals surface area contributed by atoms with Gasteiger partial charge in [0, 0.05) is 19.1 Å². The fraction of sp³-hybridized carbons (Fsp3) is 0.263. The Balaban J connectivity index is 1.37. The molecule has 0 radical (unpaired) electrons. The Kier molecular flexibility index (Phi) is 3.21. The van der Waals surface area contributed by atoms with Crippen molar-refractivity contribution < 1.29 is 0 Å². The van der Waals surface area contributed by atoms with E-state index in [2.05, 4.69) is 16.4 Å². The van der Waals surface area contributed by atoms with E-state index in [1.807, 2.05) is 54.1 Å². The fourth-order valence-electron chi connectivity index (χ4n) is 3.70. The number of imidazole rings is 1. The maximum absolute atomic E-state index is 12.6. The van der Waals surface area contributed by atoms with E-state index in [9.17, 15) is 4.79 Å². The van der Waals surface area contributed by atoms with Gasteiger partial charge in [-0.3, -0.25) is 9.13 Å². The summed E-state index contributed by atoms with van der Waals surface area (Å²) in [4.78, 5) is 17.2. The maximum atomic E-state index is 12.6. The largest absolute Gasteiger partial charge is 0.359 e. The minimum absolute atomic E-state index is 0.0737. The first kappa shape index (κ1) is 14.7. The summed E-state index contributed by atoms with van der Waals surface area (Å²) in [5, 5.41) is 4.49. The normalized spacial score (nSPS) is 20.0. The van der Waals surface area contributed by atoms with Crippen molar-refractivity contribution in [2.75, 3.05) is 5.32 Å². The Morgan fingerprint density at radius 2 is 1.80 bits per heavy atom. The standard InChI is InChI=1S/C19H18N4OS/c1-22-15-7-3-4-8-16(15)23(19(22)24)13-10-12(11-13)20-18-21-14-6-2-5-9-17(14)25-18/h2-9,12-13H,10-11H2,1H3,(H,20,21). The van der Waals surface area contributed by atoms with Crippen molar-refractivity contribution in [1.29, 1.82) is 0 Å². The van der Waals surface area contributed by atoms with Gasteiger partial charge in [-0.15, -0.1) is 0 Å². The molecule has 1 fully saturated rings. The Hall–Kier alpha value is -2.60. The highest BCUT2D eigenvalue weighted by Gasteiger charge is 2.33. The van der Waals surface area contributed by atoms with Crippen LogP contribution in [0.5, 0.6) is 0 Å². The summed E-state index contributed by atoms with van der Waals surface area (Å²) < 4.78 is 4.89. The molecule has 0 saturated heterocycles. The highest BCUT2D eigenvalue weighted by Crippen LogP contribution is 2.37. The number of thiazole rings is 1. The topological polar surface area (TPSA) is 51.9 Å². The highest BCUT2D eigenvalue weighted by atomic mass is 32.1. The van der Waals surface area contributed by atoms with Crippen LogP contribution in [0.3, 0.4) is 0 Å². The zero-order valence-corrected chi connectivity index (χ0v) is 14.7. The van der Waals surface area contributed by atoms with Crippen LogP contribution in [-0.2, 0) is 7.05 Å². The SMILES string of the molecule is Cn1c(=O)n(C2CC(Nc3nc4ccccc4s3)C2)c2ccccc21. The average molecular weight is 350 g/mol. The monoisotopic (exact) mass is 350 g/mol. The molecule has 0 unspecified atom stereocenters. The molecule has 0 spiro atoms. The Labute approximate surface area is 148 Å². The predicted molar refractivity (Wildman–Crippen MR) is 102 cm³/mol. The van der Waals surface area contributed by atoms with Crippen LogP contribution in [0.1, 0.15) is 18.9 Å². The molecule has 2 aromatic carbocycles. The molecule has 0 amide bonds. The molecule has 5 nitrogen and oxygen atoms in total. The van der Waals surface area contributed by atoms with E-state index in [1.54, 1.807) is 15.9 Å². The van der Waals surface area contributed by atoms with Crippen LogP contribution in [0.4, 0.5) is 5.13 Å². The van der Waals surface area contributed by atoms with Crippen LogP contribution >= 0.6 is 11.3 Å². The van der Waals surface area contributed by atoms with Crippen LogP contribution in [0.25, 0.3) is 21.3 Å². The second-order valence-electron chi connectivity index (χ2n) is 6.65. The number of nitrogens with one attached hydrogen (secondary N) is 1. The van der Waals surface area contributed by atoms with Gasteiger partial charge in [-0.25, -0.2) is 9.78 Å². The summed E-state index contributed by atoms with van der Waals surface area (Å²) in [6.45, 7) is 0. The molecule has 2 heterocycles. The van der Waals surface area contributed by atoms with Crippen molar-refractivity contribution in [2.45, 2.75) is 24.9 Å². The number of rotatable bonds is 3. The van der Waals surface area contributed by atoms with E-state index in [-0.39, 0.29) is 11.7 Å². The summed E-state index contributed by atoms with van der Waals surface area (Å²) in [6.07, 6.45) is 1.90. The van der Waals surface area contributed by atoms with Crippen LogP contribution in [0.2, 0.25) is 0 Å². The minimum Gasteiger partial charge on any atom is -0.359 e. The van der Waals surface area contributed by atoms with E-state index in [4.69, 9.17) is 0 Å². The van der Waals surface area contributed by atoms with Crippen LogP contribution < -0.4 is 11.0 Å². The van der Waals surface area contributed by atoms with Gasteiger partial charge < -0.3 is 5.32 Å². The number of anilines is 1. The number of hydrogen-bond acceptors (Lipinski definition) is 4. The summed E-state index contributed by atoms with van der Waals surface area (Å²) >= 11 is 1.69. The molecular weight excluding hydrogens is 332 g/mol. The average Bonchev–Trinajstić information content (AvgIpc) is 3.11. The summed E-state index contributed by atoms with van der Waals surface area (Å²) in [6, 6.07) is 16.8. The highest BCUT2D eigenvalue weighted by molar-refractivity contribution is 7.22. The fourth-order valence-corrected chi connectivity index (χ4v) is 4.64. The molecule has 0 atom stereocenters. The Morgan fingerprint density at radius 1 is 1.08 bits per heavy atom. The molecule has 6 heteroatoms. The lowest BCUT2D eigenvalue weighted by molar-refractivity contribution is 0.281. The molecule has 5 rings (SSSR count). The molecule has 4 aromatic rings. The van der Waals surface area contributed by atoms with Gasteiger partial charge in [-0.05, 0) is 37.1 Å². The van der Waals surface area contributed by atoms with E-state index in [0.717, 1.165) is 34.5 Å². The zero-order chi connectivity index (χ0) is 17.0. The number of para-hydroxylation sites is 3. The summed E-state index contributed by atoms with van der Waals surface area (Å²) in [5.41, 5.74) is 3.13. The third-order valence-corrected chi connectivity index (χ3v) is 6.06. The molecule has 1 N–H and O–H groups in total. The predicted octanol–water partition coefficient (Wildman–Crippen LogP) is 3.77. The number of hydrogen-bond donors (Lipinski definition) is 1. The third-order valence-electron chi connectivity index (χ3n) is 5.10. The van der Waals surface area contributed by atoms with Crippen molar-refractivity contribution in [3.8, 4) is 0 Å². The van der Waals surface area contributed by atoms with Crippen molar-refractivity contribution in [2.24, 2.45) is 7.05 Å². The van der Waals surface area contributed by atoms with Crippen LogP contribution in [-0.4, -0.2) is 20.2 Å². The second-order valence-corrected chi connectivity index (χ2v) is 7.68. The lowest BCUT2D eigenvalue weighted by Gasteiger charge is -2.36. The van der Waals surface area contributed by atoms with Gasteiger partial charge in [0.15, 0.2) is 5.13 Å². The summed E-state index contributed by atoms with van der Waals surface area (Å²) in [7, 11) is 1.84. The van der Waals surface area contributed by atoms with E-state index in [1.165, 1.54) is 4.70 Å². The maximum Gasteiger partial charge on any atom is 0.329 e. The third kappa shape index (κ3) is 2.28. The van der Waals surface area contributed by atoms with Gasteiger partial charge >= 0.3 is 5.69 Å². The number of fused-ring (bicyclic) bond motifs is 2. The first-order valence-electron chi connectivity index (χ1n) is 8.49. The van der Waals surface area contributed by atoms with Gasteiger partial charge in [-0.2, -0.15) is 0 Å². The van der Waals surface area contributed by atoms with Gasteiger partial charge in [0.1, 0.15) is 0 Å². The van der Waals surface area contributed by atoms with Crippen molar-refractivity contribution in [1.82, 2.24) is 14.1 Å². The quantitative estimate of drug-likeness (QED) is 0.612. The van der Waals surface area contributed by atoms with E-state index in [0.29, 0.717) is 6.04 Å². The smallest absolute Gasteiger partial charge is 0.329 e. The molecular formula is C19H18N4OS. The number of aryl methyl sites for hydroxylation is 1. The minimum atomic E-state index is 0.0737. The molecule has 2 aromatic heterocycles. The van der Waals surface area contributed by atoms with E-state index < -0.39 is 0 Å². The van der Waals surface area contributed by atoms with Crippen molar-refractivity contribution in [3.63, 3.8) is 0 Å². The van der Waals surface area contributed by atoms with Crippen LogP contribution in [0.15, 0.2) is 53.3 Å². The summed E-state index contributed by atoms with van der Waals surface area (Å²) in [5.74, 6) is 0. The molecule has 1 aliphatic rings. The molecule has 1 saturated carbocycles. The van der Waals surface area contributed by atoms with Crippen molar-refractivity contribution in [3.05, 3.63) is 59.0 Å². The van der Waals surface area contributed by atoms with Gasteiger partial charge in [-0.1, -0.05) is 35.6 Å². The second kappa shape index (κ2) is 5.46. The van der Waals surface area contributed by atoms with Crippen molar-refractivity contribution >= 4 is 37.7 Å². The van der Waals surface area contributed by atoms with Gasteiger partial charge in [0.05, 0.1) is 21.3 Å². The molecule has 126 valence electrons. The molecule has 0 bridgehead atoms. The van der Waals surface area contributed by atoms with Gasteiger partial charge in [0.25, 0.3) is 0 Å². The first-order chi connectivity index (χ1) is 12.2. The Bertz CT molecular complexity index is 1100. The number of benzene rings is 2. The molecule has 1 aliphatic carbocycles. The Morgan fingerprint density at radius 3 is 2.60 bits per heavy atom. The molecule has 0 aliphatic heterocycles. The van der Waals surface area contributed by atoms with Gasteiger partial charge in [0.2, 0.25) is 0 Å².